The van der Waals surface area contributed by atoms with Crippen molar-refractivity contribution < 1.29 is 4.79 Å². The molecule has 6 nitrogen and oxygen atoms in total. The summed E-state index contributed by atoms with van der Waals surface area (Å²) >= 11 is 6.79. The van der Waals surface area contributed by atoms with Gasteiger partial charge in [-0.25, -0.2) is 4.98 Å². The zero-order valence-corrected chi connectivity index (χ0v) is 22.4. The Labute approximate surface area is 220 Å². The van der Waals surface area contributed by atoms with E-state index in [9.17, 15) is 9.59 Å². The molecule has 1 aliphatic carbocycles. The fourth-order valence-corrected chi connectivity index (χ4v) is 5.98. The molecule has 0 unspecified atom stereocenters. The number of thiocarbonyl (C=S) groups is 1. The Hall–Kier alpha value is -2.97. The number of fused-ring (bicyclic) bond motifs is 1. The Morgan fingerprint density at radius 2 is 1.75 bits per heavy atom. The minimum Gasteiger partial charge on any atom is -0.367 e. The number of nitrogens with one attached hydrogen (secondary N) is 1. The number of carbonyl (C=O) groups is 1. The van der Waals surface area contributed by atoms with Crippen molar-refractivity contribution in [3.63, 3.8) is 0 Å². The van der Waals surface area contributed by atoms with Gasteiger partial charge in [-0.15, -0.1) is 0 Å². The second-order valence-corrected chi connectivity index (χ2v) is 11.6. The number of hydrogen-bond donors (Lipinski definition) is 1. The van der Waals surface area contributed by atoms with Gasteiger partial charge >= 0.3 is 0 Å². The maximum absolute atomic E-state index is 13.6. The Morgan fingerprint density at radius 1 is 1.06 bits per heavy atom. The van der Waals surface area contributed by atoms with Crippen molar-refractivity contribution in [1.29, 1.82) is 0 Å². The fraction of sp³-hybridized carbons (Fsp3) is 0.357. The van der Waals surface area contributed by atoms with Crippen molar-refractivity contribution >= 4 is 51.7 Å². The molecule has 0 spiro atoms. The van der Waals surface area contributed by atoms with Crippen LogP contribution >= 0.6 is 24.0 Å². The predicted molar refractivity (Wildman–Crippen MR) is 151 cm³/mol. The number of rotatable bonds is 5. The summed E-state index contributed by atoms with van der Waals surface area (Å²) in [5.74, 6) is 1.07. The topological polar surface area (TPSA) is 66.7 Å². The molecule has 0 bridgehead atoms. The third-order valence-electron chi connectivity index (χ3n) is 6.97. The van der Waals surface area contributed by atoms with Crippen LogP contribution in [0.3, 0.4) is 0 Å². The number of amides is 1. The average molecular weight is 519 g/mol. The minimum atomic E-state index is -0.195. The normalized spacial score (nSPS) is 21.5. The number of carbonyl (C=O) groups excluding carboxylic acids is 1. The minimum absolute atomic E-state index is 0.184. The van der Waals surface area contributed by atoms with Gasteiger partial charge in [0.05, 0.1) is 17.0 Å². The molecule has 3 heterocycles. The number of nitrogens with zero attached hydrogens (tertiary/aromatic N) is 3. The second kappa shape index (κ2) is 10.2. The van der Waals surface area contributed by atoms with E-state index in [4.69, 9.17) is 17.2 Å². The summed E-state index contributed by atoms with van der Waals surface area (Å²) in [5.41, 5.74) is 3.92. The number of thioether (sulfide) groups is 1. The first-order chi connectivity index (χ1) is 17.3. The van der Waals surface area contributed by atoms with Crippen LogP contribution in [0.25, 0.3) is 11.7 Å². The van der Waals surface area contributed by atoms with Gasteiger partial charge in [-0.05, 0) is 68.7 Å². The van der Waals surface area contributed by atoms with Crippen LogP contribution in [0.4, 0.5) is 5.82 Å². The van der Waals surface area contributed by atoms with E-state index in [-0.39, 0.29) is 17.5 Å². The van der Waals surface area contributed by atoms with E-state index < -0.39 is 0 Å². The van der Waals surface area contributed by atoms with Gasteiger partial charge in [-0.1, -0.05) is 66.8 Å². The van der Waals surface area contributed by atoms with Crippen molar-refractivity contribution in [3.8, 4) is 0 Å². The van der Waals surface area contributed by atoms with Crippen molar-refractivity contribution in [1.82, 2.24) is 14.3 Å². The van der Waals surface area contributed by atoms with E-state index >= 15 is 0 Å². The first-order valence-electron chi connectivity index (χ1n) is 12.4. The SMILES string of the molecule is Cc1ccc(CN2C(=O)/C(=C\c3c(NC4CCC(C)CC4)nc4ccc(C)cn4c3=O)SC2=S)cc1. The van der Waals surface area contributed by atoms with Gasteiger partial charge in [-0.3, -0.25) is 18.9 Å². The lowest BCUT2D eigenvalue weighted by molar-refractivity contribution is -0.122. The zero-order chi connectivity index (χ0) is 25.4. The summed E-state index contributed by atoms with van der Waals surface area (Å²) in [7, 11) is 0. The zero-order valence-electron chi connectivity index (χ0n) is 20.8. The van der Waals surface area contributed by atoms with Crippen LogP contribution in [0, 0.1) is 19.8 Å². The molecule has 3 aromatic rings. The highest BCUT2D eigenvalue weighted by Crippen LogP contribution is 2.34. The fourth-order valence-electron chi connectivity index (χ4n) is 4.74. The number of aromatic nitrogens is 2. The lowest BCUT2D eigenvalue weighted by atomic mass is 9.87. The highest BCUT2D eigenvalue weighted by Gasteiger charge is 2.33. The predicted octanol–water partition coefficient (Wildman–Crippen LogP) is 5.70. The van der Waals surface area contributed by atoms with E-state index in [1.165, 1.54) is 11.8 Å². The maximum Gasteiger partial charge on any atom is 0.267 e. The molecule has 2 aromatic heterocycles. The molecular formula is C28H30N4O2S2. The van der Waals surface area contributed by atoms with Gasteiger partial charge in [0.25, 0.3) is 11.5 Å². The van der Waals surface area contributed by atoms with Gasteiger partial charge in [0.2, 0.25) is 0 Å². The molecule has 1 saturated carbocycles. The largest absolute Gasteiger partial charge is 0.367 e. The third kappa shape index (κ3) is 5.11. The Balaban J connectivity index is 1.51. The van der Waals surface area contributed by atoms with Crippen LogP contribution in [0.15, 0.2) is 52.3 Å². The van der Waals surface area contributed by atoms with Crippen molar-refractivity contribution in [2.75, 3.05) is 5.32 Å². The van der Waals surface area contributed by atoms with Gasteiger partial charge in [0, 0.05) is 12.2 Å². The Morgan fingerprint density at radius 3 is 2.47 bits per heavy atom. The summed E-state index contributed by atoms with van der Waals surface area (Å²) in [5, 5.41) is 3.54. The molecule has 1 aromatic carbocycles. The third-order valence-corrected chi connectivity index (χ3v) is 8.35. The van der Waals surface area contributed by atoms with E-state index in [0.29, 0.717) is 32.8 Å². The first kappa shape index (κ1) is 24.7. The molecule has 1 amide bonds. The monoisotopic (exact) mass is 518 g/mol. The Kier molecular flexibility index (Phi) is 6.99. The number of benzene rings is 1. The highest BCUT2D eigenvalue weighted by atomic mass is 32.2. The van der Waals surface area contributed by atoms with Gasteiger partial charge in [0.15, 0.2) is 0 Å². The Bertz CT molecular complexity index is 1420. The van der Waals surface area contributed by atoms with E-state index in [2.05, 4.69) is 12.2 Å². The van der Waals surface area contributed by atoms with E-state index in [1.54, 1.807) is 21.6 Å². The molecule has 186 valence electrons. The summed E-state index contributed by atoms with van der Waals surface area (Å²) in [6, 6.07) is 12.1. The number of aryl methyl sites for hydroxylation is 2. The molecule has 8 heteroatoms. The number of hydrogen-bond acceptors (Lipinski definition) is 6. The quantitative estimate of drug-likeness (QED) is 0.345. The van der Waals surface area contributed by atoms with Crippen LogP contribution in [0.5, 0.6) is 0 Å². The first-order valence-corrected chi connectivity index (χ1v) is 13.6. The molecule has 1 N–H and O–H groups in total. The summed E-state index contributed by atoms with van der Waals surface area (Å²) in [6.07, 6.45) is 7.83. The standard InChI is InChI=1S/C28H30N4O2S2/c1-17-4-9-20(10-5-17)16-32-27(34)23(36-28(32)35)14-22-25(29-21-11-6-18(2)7-12-21)30-24-13-8-19(3)15-31(24)26(22)33/h4-5,8-10,13-15,18,21,29H,6-7,11-12,16H2,1-3H3/b23-14+. The molecule has 5 rings (SSSR count). The van der Waals surface area contributed by atoms with E-state index in [0.717, 1.165) is 48.3 Å². The second-order valence-electron chi connectivity index (χ2n) is 9.97. The van der Waals surface area contributed by atoms with E-state index in [1.807, 2.05) is 50.2 Å². The van der Waals surface area contributed by atoms with Crippen LogP contribution in [0.1, 0.15) is 54.9 Å². The summed E-state index contributed by atoms with van der Waals surface area (Å²) < 4.78 is 2.05. The molecular weight excluding hydrogens is 488 g/mol. The molecule has 2 fully saturated rings. The van der Waals surface area contributed by atoms with Crippen molar-refractivity contribution in [2.24, 2.45) is 5.92 Å². The summed E-state index contributed by atoms with van der Waals surface area (Å²) in [4.78, 5) is 33.9. The molecule has 2 aliphatic rings. The molecule has 0 radical (unpaired) electrons. The van der Waals surface area contributed by atoms with Crippen LogP contribution in [-0.4, -0.2) is 30.6 Å². The maximum atomic E-state index is 13.6. The molecule has 36 heavy (non-hydrogen) atoms. The van der Waals surface area contributed by atoms with Gasteiger partial charge < -0.3 is 5.32 Å². The lowest BCUT2D eigenvalue weighted by Gasteiger charge is -2.27. The molecule has 1 saturated heterocycles. The number of anilines is 1. The van der Waals surface area contributed by atoms with Crippen LogP contribution < -0.4 is 10.9 Å². The average Bonchev–Trinajstić information content (AvgIpc) is 3.12. The molecule has 0 atom stereocenters. The molecule has 1 aliphatic heterocycles. The van der Waals surface area contributed by atoms with Gasteiger partial charge in [-0.2, -0.15) is 0 Å². The van der Waals surface area contributed by atoms with Crippen molar-refractivity contribution in [2.45, 2.75) is 59.0 Å². The smallest absolute Gasteiger partial charge is 0.267 e. The van der Waals surface area contributed by atoms with Crippen molar-refractivity contribution in [3.05, 3.63) is 80.1 Å². The summed E-state index contributed by atoms with van der Waals surface area (Å²) in [6.45, 7) is 6.66. The van der Waals surface area contributed by atoms with Crippen LogP contribution in [-0.2, 0) is 11.3 Å². The van der Waals surface area contributed by atoms with Crippen LogP contribution in [0.2, 0.25) is 0 Å². The number of pyridine rings is 1. The lowest BCUT2D eigenvalue weighted by Crippen LogP contribution is -2.29. The highest BCUT2D eigenvalue weighted by molar-refractivity contribution is 8.26. The van der Waals surface area contributed by atoms with Gasteiger partial charge in [0.1, 0.15) is 15.8 Å².